The second kappa shape index (κ2) is 8.26. The Morgan fingerprint density at radius 2 is 1.62 bits per heavy atom. The van der Waals surface area contributed by atoms with Crippen molar-refractivity contribution in [2.45, 2.75) is 45.2 Å². The fourth-order valence-corrected chi connectivity index (χ4v) is 4.90. The quantitative estimate of drug-likeness (QED) is 0.448. The predicted molar refractivity (Wildman–Crippen MR) is 127 cm³/mol. The zero-order valence-corrected chi connectivity index (χ0v) is 18.5. The highest BCUT2D eigenvalue weighted by Crippen LogP contribution is 2.32. The smallest absolute Gasteiger partial charge is 0.260 e. The van der Waals surface area contributed by atoms with E-state index in [-0.39, 0.29) is 17.2 Å². The topological polar surface area (TPSA) is 66.1 Å². The van der Waals surface area contributed by atoms with E-state index in [0.29, 0.717) is 34.3 Å². The molecule has 3 heterocycles. The minimum absolute atomic E-state index is 0.0550. The number of hydrogen-bond donors (Lipinski definition) is 0. The van der Waals surface area contributed by atoms with Crippen molar-refractivity contribution in [2.24, 2.45) is 5.92 Å². The van der Waals surface area contributed by atoms with Gasteiger partial charge >= 0.3 is 0 Å². The third kappa shape index (κ3) is 3.60. The number of hydrogen-bond acceptors (Lipinski definition) is 4. The van der Waals surface area contributed by atoms with Crippen molar-refractivity contribution in [1.82, 2.24) is 14.1 Å². The lowest BCUT2D eigenvalue weighted by atomic mass is 9.85. The average Bonchev–Trinajstić information content (AvgIpc) is 2.82. The molecule has 1 fully saturated rings. The molecule has 6 nitrogen and oxygen atoms in total. The van der Waals surface area contributed by atoms with E-state index in [1.807, 2.05) is 47.2 Å². The highest BCUT2D eigenvalue weighted by atomic mass is 16.5. The molecule has 6 heteroatoms. The Bertz CT molecular complexity index is 1400. The first-order valence-electron chi connectivity index (χ1n) is 11.2. The summed E-state index contributed by atoms with van der Waals surface area (Å²) in [6.45, 7) is 2.66. The Hall–Kier alpha value is -3.41. The van der Waals surface area contributed by atoms with Crippen LogP contribution in [0, 0.1) is 5.92 Å². The maximum Gasteiger partial charge on any atom is 0.260 e. The maximum atomic E-state index is 13.4. The Morgan fingerprint density at radius 1 is 0.938 bits per heavy atom. The van der Waals surface area contributed by atoms with Crippen molar-refractivity contribution in [2.75, 3.05) is 7.11 Å². The molecule has 0 radical (unpaired) electrons. The van der Waals surface area contributed by atoms with Crippen molar-refractivity contribution in [3.63, 3.8) is 0 Å². The zero-order valence-electron chi connectivity index (χ0n) is 18.5. The van der Waals surface area contributed by atoms with Gasteiger partial charge in [0.05, 0.1) is 35.5 Å². The van der Waals surface area contributed by atoms with Crippen LogP contribution in [0.1, 0.15) is 44.2 Å². The van der Waals surface area contributed by atoms with Crippen LogP contribution in [0.4, 0.5) is 0 Å². The molecule has 2 atom stereocenters. The van der Waals surface area contributed by atoms with Crippen molar-refractivity contribution >= 4 is 21.8 Å². The van der Waals surface area contributed by atoms with Crippen molar-refractivity contribution in [1.29, 1.82) is 0 Å². The normalized spacial score (nSPS) is 18.8. The van der Waals surface area contributed by atoms with Crippen LogP contribution in [0.15, 0.2) is 64.4 Å². The summed E-state index contributed by atoms with van der Waals surface area (Å²) in [5, 5.41) is 0.983. The molecule has 5 rings (SSSR count). The van der Waals surface area contributed by atoms with Crippen LogP contribution >= 0.6 is 0 Å². The largest absolute Gasteiger partial charge is 0.497 e. The van der Waals surface area contributed by atoms with Gasteiger partial charge in [0.25, 0.3) is 11.1 Å². The van der Waals surface area contributed by atoms with Gasteiger partial charge in [-0.05, 0) is 54.7 Å². The van der Waals surface area contributed by atoms with Crippen molar-refractivity contribution in [3.8, 4) is 5.75 Å². The molecule has 1 aromatic carbocycles. The van der Waals surface area contributed by atoms with Crippen molar-refractivity contribution in [3.05, 3.63) is 81.1 Å². The van der Waals surface area contributed by atoms with Gasteiger partial charge in [0, 0.05) is 18.4 Å². The molecule has 32 heavy (non-hydrogen) atoms. The van der Waals surface area contributed by atoms with E-state index < -0.39 is 0 Å². The predicted octanol–water partition coefficient (Wildman–Crippen LogP) is 4.52. The molecule has 1 aliphatic carbocycles. The summed E-state index contributed by atoms with van der Waals surface area (Å²) in [5.74, 6) is 1.24. The van der Waals surface area contributed by atoms with E-state index in [9.17, 15) is 9.59 Å². The SMILES string of the molecule is COc1ccc(Cn2ccc3nc4ccn([C@H]5CCCC[C@@H]5C)c(=O)c4cc3c2=O)cc1. The lowest BCUT2D eigenvalue weighted by molar-refractivity contribution is 0.253. The summed E-state index contributed by atoms with van der Waals surface area (Å²) in [6.07, 6.45) is 8.16. The van der Waals surface area contributed by atoms with Crippen LogP contribution in [-0.2, 0) is 6.54 Å². The highest BCUT2D eigenvalue weighted by molar-refractivity contribution is 5.91. The molecule has 0 unspecified atom stereocenters. The minimum atomic E-state index is -0.145. The third-order valence-electron chi connectivity index (χ3n) is 6.78. The summed E-state index contributed by atoms with van der Waals surface area (Å²) in [4.78, 5) is 31.2. The fourth-order valence-electron chi connectivity index (χ4n) is 4.90. The molecule has 1 aliphatic rings. The molecule has 3 aromatic heterocycles. The monoisotopic (exact) mass is 429 g/mol. The van der Waals surface area contributed by atoms with Crippen LogP contribution in [0.2, 0.25) is 0 Å². The summed E-state index contributed by atoms with van der Waals surface area (Å²) in [5.41, 5.74) is 2.04. The van der Waals surface area contributed by atoms with Crippen LogP contribution < -0.4 is 15.9 Å². The first kappa shape index (κ1) is 20.5. The van der Waals surface area contributed by atoms with Crippen molar-refractivity contribution < 1.29 is 4.74 Å². The van der Waals surface area contributed by atoms with Crippen LogP contribution in [0.5, 0.6) is 5.75 Å². The van der Waals surface area contributed by atoms with E-state index in [0.717, 1.165) is 30.6 Å². The lowest BCUT2D eigenvalue weighted by Crippen LogP contribution is -2.30. The first-order valence-corrected chi connectivity index (χ1v) is 11.2. The minimum Gasteiger partial charge on any atom is -0.497 e. The lowest BCUT2D eigenvalue weighted by Gasteiger charge is -2.30. The number of benzene rings is 1. The van der Waals surface area contributed by atoms with Gasteiger partial charge in [0.1, 0.15) is 5.75 Å². The molecular formula is C26H27N3O3. The van der Waals surface area contributed by atoms with Gasteiger partial charge in [-0.3, -0.25) is 9.59 Å². The van der Waals surface area contributed by atoms with E-state index in [1.54, 1.807) is 23.9 Å². The summed E-state index contributed by atoms with van der Waals surface area (Å²) < 4.78 is 8.72. The summed E-state index contributed by atoms with van der Waals surface area (Å²) in [7, 11) is 1.63. The van der Waals surface area contributed by atoms with Gasteiger partial charge in [0.15, 0.2) is 0 Å². The van der Waals surface area contributed by atoms with E-state index in [2.05, 4.69) is 11.9 Å². The number of pyridine rings is 3. The van der Waals surface area contributed by atoms with Gasteiger partial charge in [-0.25, -0.2) is 4.98 Å². The number of aromatic nitrogens is 3. The molecule has 0 N–H and O–H groups in total. The number of rotatable bonds is 4. The van der Waals surface area contributed by atoms with E-state index in [1.165, 1.54) is 6.42 Å². The molecule has 1 saturated carbocycles. The van der Waals surface area contributed by atoms with Gasteiger partial charge < -0.3 is 13.9 Å². The Kier molecular flexibility index (Phi) is 5.29. The van der Waals surface area contributed by atoms with E-state index in [4.69, 9.17) is 4.74 Å². The summed E-state index contributed by atoms with van der Waals surface area (Å²) >= 11 is 0. The van der Waals surface area contributed by atoms with Gasteiger partial charge in [-0.1, -0.05) is 31.9 Å². The number of ether oxygens (including phenoxy) is 1. The van der Waals surface area contributed by atoms with Gasteiger partial charge in [0.2, 0.25) is 0 Å². The molecule has 164 valence electrons. The Balaban J connectivity index is 1.59. The molecule has 0 amide bonds. The molecule has 0 bridgehead atoms. The molecule has 0 saturated heterocycles. The first-order chi connectivity index (χ1) is 15.5. The van der Waals surface area contributed by atoms with E-state index >= 15 is 0 Å². The average molecular weight is 430 g/mol. The van der Waals surface area contributed by atoms with Crippen LogP contribution in [0.3, 0.4) is 0 Å². The molecule has 0 aliphatic heterocycles. The Morgan fingerprint density at radius 3 is 2.34 bits per heavy atom. The maximum absolute atomic E-state index is 13.4. The molecule has 0 spiro atoms. The van der Waals surface area contributed by atoms with Crippen LogP contribution in [0.25, 0.3) is 21.8 Å². The second-order valence-electron chi connectivity index (χ2n) is 8.81. The zero-order chi connectivity index (χ0) is 22.2. The van der Waals surface area contributed by atoms with Gasteiger partial charge in [-0.2, -0.15) is 0 Å². The summed E-state index contributed by atoms with van der Waals surface area (Å²) in [6, 6.07) is 13.3. The number of fused-ring (bicyclic) bond motifs is 2. The number of methoxy groups -OCH3 is 1. The number of nitrogens with zero attached hydrogens (tertiary/aromatic N) is 3. The fraction of sp³-hybridized carbons (Fsp3) is 0.346. The molecular weight excluding hydrogens is 402 g/mol. The van der Waals surface area contributed by atoms with Crippen LogP contribution in [-0.4, -0.2) is 21.2 Å². The second-order valence-corrected chi connectivity index (χ2v) is 8.81. The molecule has 4 aromatic rings. The highest BCUT2D eigenvalue weighted by Gasteiger charge is 2.24. The van der Waals surface area contributed by atoms with Gasteiger partial charge in [-0.15, -0.1) is 0 Å². The standard InChI is InChI=1S/C26H27N3O3/c1-17-5-3-4-6-24(17)29-14-12-23-21(26(29)31)15-20-22(27-23)11-13-28(25(20)30)16-18-7-9-19(32-2)10-8-18/h7-15,17,24H,3-6,16H2,1-2H3/t17-,24-/m0/s1. The third-order valence-corrected chi connectivity index (χ3v) is 6.78. The Labute approximate surface area is 186 Å².